The first kappa shape index (κ1) is 21.6. The maximum atomic E-state index is 13.4. The number of amides is 1. The predicted molar refractivity (Wildman–Crippen MR) is 140 cm³/mol. The molecule has 3 aromatic carbocycles. The number of rotatable bonds is 4. The van der Waals surface area contributed by atoms with Crippen LogP contribution in [-0.4, -0.2) is 37.9 Å². The Morgan fingerprint density at radius 3 is 2.74 bits per heavy atom. The number of carbonyl (C=O) groups excluding carboxylic acids is 1. The van der Waals surface area contributed by atoms with Crippen molar-refractivity contribution in [1.82, 2.24) is 19.4 Å². The van der Waals surface area contributed by atoms with E-state index in [9.17, 15) is 9.59 Å². The SMILES string of the molecule is C[C@H]1CCCN1Cc1nc2ccc(NC(=O)c3cccc4c3c3ccccc3c(=O)n4C)cc2[nH]1. The van der Waals surface area contributed by atoms with E-state index in [-0.39, 0.29) is 11.5 Å². The number of aromatic amines is 1. The third-order valence-electron chi connectivity index (χ3n) is 7.21. The number of benzene rings is 3. The van der Waals surface area contributed by atoms with E-state index in [2.05, 4.69) is 22.1 Å². The van der Waals surface area contributed by atoms with Crippen LogP contribution in [0.2, 0.25) is 0 Å². The molecule has 1 fully saturated rings. The minimum absolute atomic E-state index is 0.0746. The summed E-state index contributed by atoms with van der Waals surface area (Å²) in [4.78, 5) is 36.9. The monoisotopic (exact) mass is 465 g/mol. The average molecular weight is 466 g/mol. The number of likely N-dealkylation sites (tertiary alicyclic amines) is 1. The molecule has 3 heterocycles. The van der Waals surface area contributed by atoms with Gasteiger partial charge in [0.05, 0.1) is 23.1 Å². The molecule has 1 aliphatic heterocycles. The van der Waals surface area contributed by atoms with Gasteiger partial charge in [-0.3, -0.25) is 14.5 Å². The molecule has 1 amide bonds. The Kier molecular flexibility index (Phi) is 5.15. The van der Waals surface area contributed by atoms with Crippen molar-refractivity contribution in [1.29, 1.82) is 0 Å². The van der Waals surface area contributed by atoms with Crippen LogP contribution in [0.15, 0.2) is 65.5 Å². The molecule has 1 saturated heterocycles. The van der Waals surface area contributed by atoms with Crippen LogP contribution in [0.3, 0.4) is 0 Å². The molecule has 0 aliphatic carbocycles. The Labute approximate surface area is 202 Å². The van der Waals surface area contributed by atoms with Crippen LogP contribution in [0.25, 0.3) is 32.7 Å². The Hall–Kier alpha value is -3.97. The van der Waals surface area contributed by atoms with Gasteiger partial charge in [0, 0.05) is 35.1 Å². The van der Waals surface area contributed by atoms with Crippen molar-refractivity contribution in [2.24, 2.45) is 7.05 Å². The van der Waals surface area contributed by atoms with Crippen molar-refractivity contribution < 1.29 is 4.79 Å². The molecule has 0 radical (unpaired) electrons. The molecular formula is C28H27N5O2. The highest BCUT2D eigenvalue weighted by Gasteiger charge is 2.21. The van der Waals surface area contributed by atoms with Crippen molar-refractivity contribution in [2.75, 3.05) is 11.9 Å². The normalized spacial score (nSPS) is 16.5. The molecule has 0 spiro atoms. The van der Waals surface area contributed by atoms with E-state index in [1.165, 1.54) is 12.8 Å². The number of carbonyl (C=O) groups is 1. The van der Waals surface area contributed by atoms with Crippen LogP contribution < -0.4 is 10.9 Å². The number of pyridine rings is 1. The number of fused-ring (bicyclic) bond motifs is 4. The molecule has 2 aromatic heterocycles. The van der Waals surface area contributed by atoms with Gasteiger partial charge in [-0.2, -0.15) is 0 Å². The van der Waals surface area contributed by atoms with E-state index >= 15 is 0 Å². The first-order valence-electron chi connectivity index (χ1n) is 12.0. The summed E-state index contributed by atoms with van der Waals surface area (Å²) >= 11 is 0. The maximum absolute atomic E-state index is 13.4. The van der Waals surface area contributed by atoms with E-state index in [1.54, 1.807) is 23.7 Å². The van der Waals surface area contributed by atoms with Crippen molar-refractivity contribution in [2.45, 2.75) is 32.4 Å². The maximum Gasteiger partial charge on any atom is 0.258 e. The molecule has 0 unspecified atom stereocenters. The number of nitrogens with one attached hydrogen (secondary N) is 2. The summed E-state index contributed by atoms with van der Waals surface area (Å²) in [5.74, 6) is 0.725. The summed E-state index contributed by atoms with van der Waals surface area (Å²) < 4.78 is 1.61. The summed E-state index contributed by atoms with van der Waals surface area (Å²) in [5.41, 5.74) is 3.66. The van der Waals surface area contributed by atoms with Gasteiger partial charge in [-0.05, 0) is 68.1 Å². The summed E-state index contributed by atoms with van der Waals surface area (Å²) in [6.07, 6.45) is 2.46. The van der Waals surface area contributed by atoms with E-state index in [1.807, 2.05) is 48.5 Å². The number of hydrogen-bond acceptors (Lipinski definition) is 4. The van der Waals surface area contributed by atoms with Crippen LogP contribution in [-0.2, 0) is 13.6 Å². The molecule has 35 heavy (non-hydrogen) atoms. The van der Waals surface area contributed by atoms with E-state index < -0.39 is 0 Å². The molecule has 1 aliphatic rings. The van der Waals surface area contributed by atoms with Gasteiger partial charge >= 0.3 is 0 Å². The lowest BCUT2D eigenvalue weighted by atomic mass is 10.0. The number of hydrogen-bond donors (Lipinski definition) is 2. The lowest BCUT2D eigenvalue weighted by molar-refractivity contribution is 0.102. The smallest absolute Gasteiger partial charge is 0.258 e. The Morgan fingerprint density at radius 2 is 1.94 bits per heavy atom. The zero-order valence-corrected chi connectivity index (χ0v) is 19.8. The Balaban J connectivity index is 1.35. The second kappa shape index (κ2) is 8.36. The third kappa shape index (κ3) is 3.68. The summed E-state index contributed by atoms with van der Waals surface area (Å²) in [6.45, 7) is 4.17. The van der Waals surface area contributed by atoms with Crippen molar-refractivity contribution >= 4 is 44.3 Å². The summed E-state index contributed by atoms with van der Waals surface area (Å²) in [5, 5.41) is 5.19. The lowest BCUT2D eigenvalue weighted by Crippen LogP contribution is -2.26. The molecule has 0 bridgehead atoms. The van der Waals surface area contributed by atoms with Crippen LogP contribution >= 0.6 is 0 Å². The van der Waals surface area contributed by atoms with Crippen LogP contribution in [0, 0.1) is 0 Å². The highest BCUT2D eigenvalue weighted by atomic mass is 16.1. The minimum atomic E-state index is -0.218. The van der Waals surface area contributed by atoms with Crippen molar-refractivity contribution in [3.63, 3.8) is 0 Å². The summed E-state index contributed by atoms with van der Waals surface area (Å²) in [6, 6.07) is 19.2. The molecule has 1 atom stereocenters. The second-order valence-electron chi connectivity index (χ2n) is 9.44. The Morgan fingerprint density at radius 1 is 1.11 bits per heavy atom. The minimum Gasteiger partial charge on any atom is -0.341 e. The number of aromatic nitrogens is 3. The van der Waals surface area contributed by atoms with E-state index in [4.69, 9.17) is 4.98 Å². The highest BCUT2D eigenvalue weighted by molar-refractivity contribution is 6.19. The fourth-order valence-electron chi connectivity index (χ4n) is 5.30. The number of imidazole rings is 1. The largest absolute Gasteiger partial charge is 0.341 e. The number of H-pyrrole nitrogens is 1. The summed E-state index contributed by atoms with van der Waals surface area (Å²) in [7, 11) is 1.74. The molecule has 2 N–H and O–H groups in total. The second-order valence-corrected chi connectivity index (χ2v) is 9.44. The van der Waals surface area contributed by atoms with Gasteiger partial charge in [-0.1, -0.05) is 24.3 Å². The predicted octanol–water partition coefficient (Wildman–Crippen LogP) is 4.80. The van der Waals surface area contributed by atoms with Crippen molar-refractivity contribution in [3.8, 4) is 0 Å². The molecular weight excluding hydrogens is 438 g/mol. The van der Waals surface area contributed by atoms with Gasteiger partial charge in [0.15, 0.2) is 0 Å². The fourth-order valence-corrected chi connectivity index (χ4v) is 5.30. The van der Waals surface area contributed by atoms with Gasteiger partial charge in [0.1, 0.15) is 5.82 Å². The standard InChI is InChI=1S/C28H27N5O2/c1-17-7-6-14-33(17)16-25-30-22-13-12-18(15-23(22)31-25)29-27(34)21-10-5-11-24-26(21)19-8-3-4-9-20(19)28(35)32(24)2/h3-5,8-13,15,17H,6-7,14,16H2,1-2H3,(H,29,34)(H,30,31)/t17-/m0/s1. The molecule has 5 aromatic rings. The third-order valence-corrected chi connectivity index (χ3v) is 7.21. The number of anilines is 1. The first-order chi connectivity index (χ1) is 17.0. The van der Waals surface area contributed by atoms with Crippen LogP contribution in [0.1, 0.15) is 35.9 Å². The van der Waals surface area contributed by atoms with Gasteiger partial charge in [-0.25, -0.2) is 4.98 Å². The molecule has 176 valence electrons. The Bertz CT molecular complexity index is 1670. The number of aryl methyl sites for hydroxylation is 1. The zero-order valence-electron chi connectivity index (χ0n) is 19.8. The van der Waals surface area contributed by atoms with Gasteiger partial charge in [0.2, 0.25) is 0 Å². The van der Waals surface area contributed by atoms with Gasteiger partial charge < -0.3 is 14.9 Å². The van der Waals surface area contributed by atoms with Crippen LogP contribution in [0.5, 0.6) is 0 Å². The van der Waals surface area contributed by atoms with Gasteiger partial charge in [-0.15, -0.1) is 0 Å². The van der Waals surface area contributed by atoms with Crippen molar-refractivity contribution in [3.05, 3.63) is 82.4 Å². The quantitative estimate of drug-likeness (QED) is 0.373. The average Bonchev–Trinajstić information content (AvgIpc) is 3.47. The number of nitrogens with zero attached hydrogens (tertiary/aromatic N) is 3. The molecule has 0 saturated carbocycles. The lowest BCUT2D eigenvalue weighted by Gasteiger charge is -2.19. The first-order valence-corrected chi connectivity index (χ1v) is 12.0. The van der Waals surface area contributed by atoms with E-state index in [0.29, 0.717) is 22.7 Å². The van der Waals surface area contributed by atoms with E-state index in [0.717, 1.165) is 46.2 Å². The van der Waals surface area contributed by atoms with Gasteiger partial charge in [0.25, 0.3) is 11.5 Å². The zero-order chi connectivity index (χ0) is 24.1. The molecule has 7 heteroatoms. The molecule has 6 rings (SSSR count). The highest BCUT2D eigenvalue weighted by Crippen LogP contribution is 2.27. The molecule has 7 nitrogen and oxygen atoms in total. The fraction of sp³-hybridized carbons (Fsp3) is 0.250. The topological polar surface area (TPSA) is 83.0 Å². The van der Waals surface area contributed by atoms with Crippen LogP contribution in [0.4, 0.5) is 5.69 Å².